The Morgan fingerprint density at radius 3 is 2.42 bits per heavy atom. The van der Waals surface area contributed by atoms with Gasteiger partial charge in [0.1, 0.15) is 11.3 Å². The molecule has 0 fully saturated rings. The summed E-state index contributed by atoms with van der Waals surface area (Å²) in [4.78, 5) is 27.2. The van der Waals surface area contributed by atoms with Gasteiger partial charge in [0.05, 0.1) is 15.9 Å². The quantitative estimate of drug-likeness (QED) is 0.691. The molecular formula is C19H17CaClN2O3+2. The summed E-state index contributed by atoms with van der Waals surface area (Å²) >= 11 is 6.19. The molecule has 0 spiro atoms. The second-order valence-electron chi connectivity index (χ2n) is 5.61. The summed E-state index contributed by atoms with van der Waals surface area (Å²) < 4.78 is 1.33. The van der Waals surface area contributed by atoms with E-state index in [4.69, 9.17) is 11.6 Å². The fraction of sp³-hybridized carbons (Fsp3) is 0.158. The molecule has 1 heterocycles. The summed E-state index contributed by atoms with van der Waals surface area (Å²) in [6, 6.07) is 14.0. The first-order chi connectivity index (χ1) is 12.0. The van der Waals surface area contributed by atoms with E-state index in [1.165, 1.54) is 9.47 Å². The number of carbonyl (C=O) groups excluding carboxylic acids is 1. The van der Waals surface area contributed by atoms with Crippen LogP contribution in [0.5, 0.6) is 5.75 Å². The molecular weight excluding hydrogens is 380 g/mol. The molecule has 7 heteroatoms. The largest absolute Gasteiger partial charge is 2.00 e. The number of rotatable bonds is 3. The SMILES string of the molecule is CCN(C(=O)c1c(O)c2c(Cl)cccc2n(C)c1=O)c1ccccc1.[Ca+2]. The normalized spacial score (nSPS) is 10.4. The van der Waals surface area contributed by atoms with Crippen molar-refractivity contribution in [3.05, 3.63) is 69.5 Å². The average Bonchev–Trinajstić information content (AvgIpc) is 2.61. The molecule has 26 heavy (non-hydrogen) atoms. The minimum Gasteiger partial charge on any atom is -0.506 e. The summed E-state index contributed by atoms with van der Waals surface area (Å²) in [5.41, 5.74) is 0.269. The molecule has 0 radical (unpaired) electrons. The van der Waals surface area contributed by atoms with E-state index in [1.807, 2.05) is 6.07 Å². The Morgan fingerprint density at radius 1 is 1.15 bits per heavy atom. The zero-order valence-electron chi connectivity index (χ0n) is 14.6. The number of nitrogens with zero attached hydrogens (tertiary/aromatic N) is 2. The number of para-hydroxylation sites is 1. The molecule has 0 unspecified atom stereocenters. The van der Waals surface area contributed by atoms with Crippen LogP contribution in [0.2, 0.25) is 5.02 Å². The summed E-state index contributed by atoms with van der Waals surface area (Å²) in [7, 11) is 1.55. The van der Waals surface area contributed by atoms with E-state index in [9.17, 15) is 14.7 Å². The van der Waals surface area contributed by atoms with Crippen molar-refractivity contribution in [1.82, 2.24) is 4.57 Å². The van der Waals surface area contributed by atoms with Gasteiger partial charge in [-0.15, -0.1) is 0 Å². The molecule has 0 aliphatic heterocycles. The number of aryl methyl sites for hydroxylation is 1. The van der Waals surface area contributed by atoms with Gasteiger partial charge in [-0.2, -0.15) is 0 Å². The molecule has 0 bridgehead atoms. The Kier molecular flexibility index (Phi) is 6.74. The third-order valence-electron chi connectivity index (χ3n) is 4.19. The zero-order chi connectivity index (χ0) is 18.1. The number of aromatic nitrogens is 1. The summed E-state index contributed by atoms with van der Waals surface area (Å²) in [6.45, 7) is 2.16. The Hall–Kier alpha value is -1.53. The standard InChI is InChI=1S/C19H17ClN2O3.Ca/c1-3-22(12-8-5-4-6-9-12)19(25)16-17(23)15-13(20)10-7-11-14(15)21(2)18(16)24;/h4-11,23H,3H2,1-2H3;/q;+2. The van der Waals surface area contributed by atoms with E-state index in [0.29, 0.717) is 23.1 Å². The van der Waals surface area contributed by atoms with Crippen LogP contribution >= 0.6 is 11.6 Å². The number of carbonyl (C=O) groups is 1. The summed E-state index contributed by atoms with van der Waals surface area (Å²) in [5.74, 6) is -0.947. The Morgan fingerprint density at radius 2 is 1.81 bits per heavy atom. The van der Waals surface area contributed by atoms with Gasteiger partial charge < -0.3 is 14.6 Å². The minimum absolute atomic E-state index is 0. The first kappa shape index (κ1) is 20.8. The van der Waals surface area contributed by atoms with E-state index in [-0.39, 0.29) is 54.1 Å². The summed E-state index contributed by atoms with van der Waals surface area (Å²) in [5, 5.41) is 11.2. The van der Waals surface area contributed by atoms with Crippen LogP contribution in [0.4, 0.5) is 5.69 Å². The molecule has 1 N–H and O–H groups in total. The average molecular weight is 397 g/mol. The molecule has 0 saturated carbocycles. The molecule has 0 atom stereocenters. The fourth-order valence-corrected chi connectivity index (χ4v) is 3.17. The predicted molar refractivity (Wildman–Crippen MR) is 105 cm³/mol. The Balaban J connectivity index is 0.00000243. The number of pyridine rings is 1. The van der Waals surface area contributed by atoms with Crippen LogP contribution in [0, 0.1) is 0 Å². The van der Waals surface area contributed by atoms with Crippen molar-refractivity contribution in [1.29, 1.82) is 0 Å². The second kappa shape index (κ2) is 8.44. The fourth-order valence-electron chi connectivity index (χ4n) is 2.91. The predicted octanol–water partition coefficient (Wildman–Crippen LogP) is 3.18. The van der Waals surface area contributed by atoms with Gasteiger partial charge in [0, 0.05) is 19.3 Å². The molecule has 2 aromatic carbocycles. The van der Waals surface area contributed by atoms with Gasteiger partial charge in [-0.3, -0.25) is 9.59 Å². The van der Waals surface area contributed by atoms with E-state index >= 15 is 0 Å². The van der Waals surface area contributed by atoms with Crippen molar-refractivity contribution in [2.24, 2.45) is 7.05 Å². The van der Waals surface area contributed by atoms with Crippen molar-refractivity contribution < 1.29 is 9.90 Å². The van der Waals surface area contributed by atoms with Crippen molar-refractivity contribution >= 4 is 71.8 Å². The maximum atomic E-state index is 13.0. The molecule has 0 saturated heterocycles. The molecule has 1 amide bonds. The Bertz CT molecular complexity index is 1020. The first-order valence-electron chi connectivity index (χ1n) is 7.84. The van der Waals surface area contributed by atoms with Gasteiger partial charge in [0.15, 0.2) is 0 Å². The van der Waals surface area contributed by atoms with Gasteiger partial charge >= 0.3 is 37.7 Å². The number of amides is 1. The van der Waals surface area contributed by atoms with E-state index in [2.05, 4.69) is 0 Å². The van der Waals surface area contributed by atoms with Crippen molar-refractivity contribution in [2.45, 2.75) is 6.92 Å². The van der Waals surface area contributed by atoms with Gasteiger partial charge in [0.2, 0.25) is 0 Å². The van der Waals surface area contributed by atoms with Crippen molar-refractivity contribution in [3.63, 3.8) is 0 Å². The topological polar surface area (TPSA) is 62.5 Å². The molecule has 3 rings (SSSR count). The van der Waals surface area contributed by atoms with E-state index in [1.54, 1.807) is 56.4 Å². The molecule has 0 aliphatic carbocycles. The number of hydrogen-bond donors (Lipinski definition) is 1. The molecule has 128 valence electrons. The van der Waals surface area contributed by atoms with Crippen LogP contribution in [0.1, 0.15) is 17.3 Å². The van der Waals surface area contributed by atoms with Crippen LogP contribution in [-0.4, -0.2) is 59.9 Å². The van der Waals surface area contributed by atoms with Crippen LogP contribution < -0.4 is 10.5 Å². The number of anilines is 1. The number of halogens is 1. The maximum absolute atomic E-state index is 13.0. The van der Waals surface area contributed by atoms with Gasteiger partial charge in [-0.1, -0.05) is 35.9 Å². The van der Waals surface area contributed by atoms with Crippen LogP contribution in [0.25, 0.3) is 10.9 Å². The van der Waals surface area contributed by atoms with Crippen LogP contribution in [0.15, 0.2) is 53.3 Å². The Labute approximate surface area is 185 Å². The van der Waals surface area contributed by atoms with Crippen molar-refractivity contribution in [2.75, 3.05) is 11.4 Å². The molecule has 3 aromatic rings. The first-order valence-corrected chi connectivity index (χ1v) is 8.22. The number of aromatic hydroxyl groups is 1. The number of hydrogen-bond acceptors (Lipinski definition) is 3. The second-order valence-corrected chi connectivity index (χ2v) is 6.01. The zero-order valence-corrected chi connectivity index (χ0v) is 17.5. The number of fused-ring (bicyclic) bond motifs is 1. The summed E-state index contributed by atoms with van der Waals surface area (Å²) in [6.07, 6.45) is 0. The molecule has 1 aromatic heterocycles. The van der Waals surface area contributed by atoms with Crippen molar-refractivity contribution in [3.8, 4) is 5.75 Å². The van der Waals surface area contributed by atoms with E-state index < -0.39 is 11.5 Å². The van der Waals surface area contributed by atoms with Gasteiger partial charge in [-0.25, -0.2) is 0 Å². The third kappa shape index (κ3) is 3.49. The third-order valence-corrected chi connectivity index (χ3v) is 4.50. The van der Waals surface area contributed by atoms with Crippen LogP contribution in [-0.2, 0) is 7.05 Å². The van der Waals surface area contributed by atoms with E-state index in [0.717, 1.165) is 0 Å². The van der Waals surface area contributed by atoms with Gasteiger partial charge in [-0.05, 0) is 31.2 Å². The monoisotopic (exact) mass is 396 g/mol. The smallest absolute Gasteiger partial charge is 0.506 e. The molecule has 5 nitrogen and oxygen atoms in total. The van der Waals surface area contributed by atoms with Crippen LogP contribution in [0.3, 0.4) is 0 Å². The number of benzene rings is 2. The molecule has 0 aliphatic rings. The maximum Gasteiger partial charge on any atom is 2.00 e. The van der Waals surface area contributed by atoms with Gasteiger partial charge in [0.25, 0.3) is 11.5 Å². The minimum atomic E-state index is -0.563.